The zero-order valence-corrected chi connectivity index (χ0v) is 17.7. The first-order valence-electron chi connectivity index (χ1n) is 8.65. The number of carbonyl (C=O) groups is 1. The Labute approximate surface area is 177 Å². The Kier molecular flexibility index (Phi) is 6.52. The Morgan fingerprint density at radius 1 is 1.28 bits per heavy atom. The van der Waals surface area contributed by atoms with Crippen LogP contribution in [0.4, 0.5) is 0 Å². The van der Waals surface area contributed by atoms with Crippen molar-refractivity contribution in [3.8, 4) is 5.75 Å². The van der Waals surface area contributed by atoms with Crippen LogP contribution in [0.2, 0.25) is 10.0 Å². The highest BCUT2D eigenvalue weighted by molar-refractivity contribution is 7.89. The van der Waals surface area contributed by atoms with Gasteiger partial charge in [0, 0.05) is 19.0 Å². The number of nitrogens with one attached hydrogen (secondary N) is 1. The van der Waals surface area contributed by atoms with Crippen LogP contribution in [0.3, 0.4) is 0 Å². The first-order chi connectivity index (χ1) is 13.7. The van der Waals surface area contributed by atoms with E-state index in [1.807, 2.05) is 0 Å². The highest BCUT2D eigenvalue weighted by Gasteiger charge is 2.32. The lowest BCUT2D eigenvalue weighted by atomic mass is 10.1. The number of benzene rings is 1. The zero-order chi connectivity index (χ0) is 21.2. The second-order valence-electron chi connectivity index (χ2n) is 6.46. The third-order valence-electron chi connectivity index (χ3n) is 4.19. The van der Waals surface area contributed by atoms with E-state index in [2.05, 4.69) is 4.72 Å². The van der Waals surface area contributed by atoms with Gasteiger partial charge in [-0.1, -0.05) is 29.3 Å². The van der Waals surface area contributed by atoms with Crippen LogP contribution in [0, 0.1) is 6.92 Å². The third-order valence-corrected chi connectivity index (χ3v) is 6.60. The smallest absolute Gasteiger partial charge is 0.339 e. The molecule has 0 atom stereocenters. The molecule has 11 heteroatoms. The van der Waals surface area contributed by atoms with Crippen molar-refractivity contribution < 1.29 is 22.4 Å². The van der Waals surface area contributed by atoms with Gasteiger partial charge < -0.3 is 14.1 Å². The maximum absolute atomic E-state index is 12.4. The highest BCUT2D eigenvalue weighted by atomic mass is 35.5. The predicted molar refractivity (Wildman–Crippen MR) is 107 cm³/mol. The molecule has 2 aromatic rings. The largest absolute Gasteiger partial charge is 0.486 e. The Balaban J connectivity index is 1.47. The van der Waals surface area contributed by atoms with Gasteiger partial charge in [0.2, 0.25) is 15.9 Å². The SMILES string of the molecule is Cc1cc(OC2CN(C(=O)CCNS(=O)(=O)c3c(Cl)cccc3Cl)C2)cc(=O)o1. The van der Waals surface area contributed by atoms with E-state index in [1.54, 1.807) is 24.0 Å². The van der Waals surface area contributed by atoms with Gasteiger partial charge in [0.25, 0.3) is 0 Å². The van der Waals surface area contributed by atoms with Crippen molar-refractivity contribution in [1.29, 1.82) is 0 Å². The van der Waals surface area contributed by atoms with Gasteiger partial charge in [0.05, 0.1) is 29.2 Å². The van der Waals surface area contributed by atoms with Crippen molar-refractivity contribution >= 4 is 39.1 Å². The van der Waals surface area contributed by atoms with Crippen molar-refractivity contribution in [2.24, 2.45) is 0 Å². The van der Waals surface area contributed by atoms with Gasteiger partial charge in [0.15, 0.2) is 0 Å². The summed E-state index contributed by atoms with van der Waals surface area (Å²) in [6, 6.07) is 7.22. The summed E-state index contributed by atoms with van der Waals surface area (Å²) in [5.74, 6) is 0.604. The van der Waals surface area contributed by atoms with Crippen LogP contribution < -0.4 is 15.1 Å². The molecule has 8 nitrogen and oxygen atoms in total. The summed E-state index contributed by atoms with van der Waals surface area (Å²) < 4.78 is 37.6. The molecule has 156 valence electrons. The van der Waals surface area contributed by atoms with E-state index in [9.17, 15) is 18.0 Å². The number of nitrogens with zero attached hydrogens (tertiary/aromatic N) is 1. The van der Waals surface area contributed by atoms with Crippen LogP contribution in [0.25, 0.3) is 0 Å². The maximum Gasteiger partial charge on any atom is 0.339 e. The van der Waals surface area contributed by atoms with Gasteiger partial charge >= 0.3 is 5.63 Å². The number of halogens is 2. The normalized spacial score (nSPS) is 14.5. The fourth-order valence-electron chi connectivity index (χ4n) is 2.81. The minimum absolute atomic E-state index is 0.00393. The Hall–Kier alpha value is -2.07. The number of rotatable bonds is 7. The fourth-order valence-corrected chi connectivity index (χ4v) is 4.99. The van der Waals surface area contributed by atoms with Crippen molar-refractivity contribution in [2.75, 3.05) is 19.6 Å². The zero-order valence-electron chi connectivity index (χ0n) is 15.4. The first-order valence-corrected chi connectivity index (χ1v) is 10.9. The lowest BCUT2D eigenvalue weighted by Crippen LogP contribution is -2.56. The average molecular weight is 461 g/mol. The van der Waals surface area contributed by atoms with Gasteiger partial charge in [-0.25, -0.2) is 17.9 Å². The molecule has 0 unspecified atom stereocenters. The number of amides is 1. The highest BCUT2D eigenvalue weighted by Crippen LogP contribution is 2.28. The van der Waals surface area contributed by atoms with Crippen molar-refractivity contribution in [2.45, 2.75) is 24.3 Å². The second-order valence-corrected chi connectivity index (χ2v) is 8.98. The number of hydrogen-bond acceptors (Lipinski definition) is 6. The van der Waals surface area contributed by atoms with E-state index in [-0.39, 0.29) is 39.9 Å². The molecule has 1 fully saturated rings. The minimum Gasteiger partial charge on any atom is -0.486 e. The van der Waals surface area contributed by atoms with E-state index < -0.39 is 15.6 Å². The summed E-state index contributed by atoms with van der Waals surface area (Å²) in [6.45, 7) is 2.24. The van der Waals surface area contributed by atoms with E-state index in [1.165, 1.54) is 18.2 Å². The number of carbonyl (C=O) groups excluding carboxylic acids is 1. The molecule has 1 aromatic heterocycles. The molecule has 1 saturated heterocycles. The average Bonchev–Trinajstić information content (AvgIpc) is 2.56. The monoisotopic (exact) mass is 460 g/mol. The van der Waals surface area contributed by atoms with Crippen LogP contribution in [-0.2, 0) is 14.8 Å². The second kappa shape index (κ2) is 8.74. The van der Waals surface area contributed by atoms with E-state index >= 15 is 0 Å². The van der Waals surface area contributed by atoms with Crippen molar-refractivity contribution in [3.05, 3.63) is 56.6 Å². The summed E-state index contributed by atoms with van der Waals surface area (Å²) in [7, 11) is -3.94. The number of aryl methyl sites for hydroxylation is 1. The summed E-state index contributed by atoms with van der Waals surface area (Å²) in [6.07, 6.45) is -0.263. The standard InChI is InChI=1S/C18H18Cl2N2O6S/c1-11-7-12(8-17(24)27-11)28-13-9-22(10-13)16(23)5-6-21-29(25,26)18-14(19)3-2-4-15(18)20/h2-4,7-8,13,21H,5-6,9-10H2,1H3. The van der Waals surface area contributed by atoms with Crippen LogP contribution in [-0.4, -0.2) is 45.0 Å². The lowest BCUT2D eigenvalue weighted by Gasteiger charge is -2.39. The van der Waals surface area contributed by atoms with E-state index in [0.29, 0.717) is 24.6 Å². The Bertz CT molecular complexity index is 1060. The van der Waals surface area contributed by atoms with Gasteiger partial charge in [-0.15, -0.1) is 0 Å². The van der Waals surface area contributed by atoms with Crippen LogP contribution in [0.1, 0.15) is 12.2 Å². The summed E-state index contributed by atoms with van der Waals surface area (Å²) >= 11 is 11.8. The van der Waals surface area contributed by atoms with Gasteiger partial charge in [-0.2, -0.15) is 0 Å². The first kappa shape index (κ1) is 21.6. The molecule has 0 saturated carbocycles. The molecule has 1 aliphatic rings. The molecule has 0 aliphatic carbocycles. The summed E-state index contributed by atoms with van der Waals surface area (Å²) in [4.78, 5) is 24.9. The molecule has 2 heterocycles. The molecule has 1 aromatic carbocycles. The van der Waals surface area contributed by atoms with Crippen molar-refractivity contribution in [3.63, 3.8) is 0 Å². The maximum atomic E-state index is 12.4. The number of ether oxygens (including phenoxy) is 1. The Morgan fingerprint density at radius 2 is 1.93 bits per heavy atom. The molecular formula is C18H18Cl2N2O6S. The molecule has 3 rings (SSSR count). The molecule has 0 spiro atoms. The summed E-state index contributed by atoms with van der Waals surface area (Å²) in [5.41, 5.74) is -0.502. The molecular weight excluding hydrogens is 443 g/mol. The van der Waals surface area contributed by atoms with E-state index in [4.69, 9.17) is 32.4 Å². The number of hydrogen-bond donors (Lipinski definition) is 1. The van der Waals surface area contributed by atoms with E-state index in [0.717, 1.165) is 0 Å². The number of sulfonamides is 1. The van der Waals surface area contributed by atoms with Crippen LogP contribution in [0.5, 0.6) is 5.75 Å². The van der Waals surface area contributed by atoms with Gasteiger partial charge in [0.1, 0.15) is 22.5 Å². The fraction of sp³-hybridized carbons (Fsp3) is 0.333. The van der Waals surface area contributed by atoms with Gasteiger partial charge in [-0.05, 0) is 19.1 Å². The van der Waals surface area contributed by atoms with Crippen molar-refractivity contribution in [1.82, 2.24) is 9.62 Å². The topological polar surface area (TPSA) is 106 Å². The third kappa shape index (κ3) is 5.30. The lowest BCUT2D eigenvalue weighted by molar-refractivity contribution is -0.139. The molecule has 1 aliphatic heterocycles. The summed E-state index contributed by atoms with van der Waals surface area (Å²) in [5, 5.41) is 0.00786. The molecule has 1 amide bonds. The molecule has 29 heavy (non-hydrogen) atoms. The molecule has 1 N–H and O–H groups in total. The number of likely N-dealkylation sites (tertiary alicyclic amines) is 1. The quantitative estimate of drug-likeness (QED) is 0.678. The Morgan fingerprint density at radius 3 is 2.55 bits per heavy atom. The predicted octanol–water partition coefficient (Wildman–Crippen LogP) is 2.21. The minimum atomic E-state index is -3.94. The van der Waals surface area contributed by atoms with Crippen LogP contribution in [0.15, 0.2) is 44.4 Å². The van der Waals surface area contributed by atoms with Gasteiger partial charge in [-0.3, -0.25) is 4.79 Å². The van der Waals surface area contributed by atoms with Crippen LogP contribution >= 0.6 is 23.2 Å². The molecule has 0 radical (unpaired) electrons. The molecule has 0 bridgehead atoms.